The summed E-state index contributed by atoms with van der Waals surface area (Å²) in [4.78, 5) is 25.3. The molecule has 0 bridgehead atoms. The zero-order valence-corrected chi connectivity index (χ0v) is 19.3. The van der Waals surface area contributed by atoms with Crippen molar-refractivity contribution in [3.63, 3.8) is 0 Å². The number of rotatable bonds is 10. The number of anilines is 3. The van der Waals surface area contributed by atoms with Gasteiger partial charge in [0, 0.05) is 12.6 Å². The molecule has 0 saturated carbocycles. The number of carbonyl (C=O) groups excluding carboxylic acids is 1. The van der Waals surface area contributed by atoms with E-state index in [1.54, 1.807) is 20.0 Å². The Bertz CT molecular complexity index is 1120. The van der Waals surface area contributed by atoms with E-state index in [0.717, 1.165) is 17.7 Å². The van der Waals surface area contributed by atoms with Crippen molar-refractivity contribution >= 4 is 33.9 Å². The maximum Gasteiger partial charge on any atom is 0.434 e. The minimum Gasteiger partial charge on any atom is -0.476 e. The standard InChI is InChI=1S/C20H20F5N7O2S/c1-11-17(19(35-31-11)30-15-9-26-13(8-27-15)20(23,24)25)18(33)29-12-3-4-16(28-7-12)34-6-5-32(2)10-14(21)22/h3-4,7-9,14H,5-6,10H2,1-2H3,(H,27,30)(H,29,33). The summed E-state index contributed by atoms with van der Waals surface area (Å²) in [6.07, 6.45) is -4.19. The van der Waals surface area contributed by atoms with Crippen molar-refractivity contribution in [2.45, 2.75) is 19.5 Å². The number of carbonyl (C=O) groups is 1. The van der Waals surface area contributed by atoms with Crippen molar-refractivity contribution in [1.29, 1.82) is 0 Å². The number of ether oxygens (including phenoxy) is 1. The van der Waals surface area contributed by atoms with Gasteiger partial charge < -0.3 is 15.4 Å². The van der Waals surface area contributed by atoms with Gasteiger partial charge in [-0.25, -0.2) is 23.7 Å². The van der Waals surface area contributed by atoms with Gasteiger partial charge in [-0.05, 0) is 31.6 Å². The van der Waals surface area contributed by atoms with Crippen molar-refractivity contribution < 1.29 is 31.5 Å². The first-order valence-electron chi connectivity index (χ1n) is 10.0. The first-order valence-corrected chi connectivity index (χ1v) is 10.8. The number of alkyl halides is 5. The van der Waals surface area contributed by atoms with E-state index in [-0.39, 0.29) is 42.0 Å². The summed E-state index contributed by atoms with van der Waals surface area (Å²) in [6.45, 7) is 1.69. The van der Waals surface area contributed by atoms with Crippen LogP contribution in [0.15, 0.2) is 30.7 Å². The quantitative estimate of drug-likeness (QED) is 0.385. The molecule has 3 rings (SSSR count). The minimum atomic E-state index is -4.61. The second-order valence-corrected chi connectivity index (χ2v) is 8.00. The van der Waals surface area contributed by atoms with E-state index < -0.39 is 24.2 Å². The molecule has 9 nitrogen and oxygen atoms in total. The van der Waals surface area contributed by atoms with Crippen LogP contribution in [0.5, 0.6) is 5.88 Å². The topological polar surface area (TPSA) is 105 Å². The van der Waals surface area contributed by atoms with E-state index >= 15 is 0 Å². The number of halogens is 5. The highest BCUT2D eigenvalue weighted by molar-refractivity contribution is 7.10. The molecule has 188 valence electrons. The fraction of sp³-hybridized carbons (Fsp3) is 0.350. The number of aromatic nitrogens is 4. The number of nitrogens with one attached hydrogen (secondary N) is 2. The summed E-state index contributed by atoms with van der Waals surface area (Å²) in [7, 11) is 1.55. The molecule has 0 unspecified atom stereocenters. The van der Waals surface area contributed by atoms with E-state index in [2.05, 4.69) is 30.0 Å². The summed E-state index contributed by atoms with van der Waals surface area (Å²) in [5, 5.41) is 5.69. The Labute approximate surface area is 200 Å². The molecule has 0 aliphatic carbocycles. The summed E-state index contributed by atoms with van der Waals surface area (Å²) in [5.74, 6) is -0.258. The Kier molecular flexibility index (Phi) is 8.45. The van der Waals surface area contributed by atoms with Gasteiger partial charge in [0.25, 0.3) is 12.3 Å². The van der Waals surface area contributed by atoms with Gasteiger partial charge in [-0.2, -0.15) is 17.5 Å². The fourth-order valence-electron chi connectivity index (χ4n) is 2.74. The van der Waals surface area contributed by atoms with Gasteiger partial charge in [-0.1, -0.05) is 0 Å². The van der Waals surface area contributed by atoms with E-state index in [9.17, 15) is 26.7 Å². The predicted octanol–water partition coefficient (Wildman–Crippen LogP) is 4.23. The van der Waals surface area contributed by atoms with Crippen LogP contribution in [0, 0.1) is 6.92 Å². The van der Waals surface area contributed by atoms with Crippen LogP contribution in [-0.2, 0) is 6.18 Å². The molecular weight excluding hydrogens is 497 g/mol. The first-order chi connectivity index (χ1) is 16.5. The van der Waals surface area contributed by atoms with Gasteiger partial charge in [-0.15, -0.1) is 0 Å². The van der Waals surface area contributed by atoms with Crippen LogP contribution in [0.2, 0.25) is 0 Å². The average molecular weight is 517 g/mol. The second kappa shape index (κ2) is 11.3. The molecule has 35 heavy (non-hydrogen) atoms. The van der Waals surface area contributed by atoms with E-state index in [1.807, 2.05) is 0 Å². The molecule has 0 fully saturated rings. The van der Waals surface area contributed by atoms with Crippen LogP contribution in [0.25, 0.3) is 0 Å². The molecule has 3 heterocycles. The zero-order valence-electron chi connectivity index (χ0n) is 18.4. The molecule has 0 aromatic carbocycles. The lowest BCUT2D eigenvalue weighted by atomic mass is 10.2. The zero-order chi connectivity index (χ0) is 25.6. The Balaban J connectivity index is 1.60. The maximum atomic E-state index is 12.8. The van der Waals surface area contributed by atoms with E-state index in [1.165, 1.54) is 17.2 Å². The summed E-state index contributed by atoms with van der Waals surface area (Å²) in [5.41, 5.74) is -0.209. The number of hydrogen-bond acceptors (Lipinski definition) is 9. The largest absolute Gasteiger partial charge is 0.476 e. The SMILES string of the molecule is Cc1nsc(Nc2cnc(C(F)(F)F)cn2)c1C(=O)Nc1ccc(OCCN(C)CC(F)F)nc1. The number of pyridine rings is 1. The van der Waals surface area contributed by atoms with Crippen LogP contribution < -0.4 is 15.4 Å². The number of nitrogens with zero attached hydrogens (tertiary/aromatic N) is 5. The molecule has 0 atom stereocenters. The van der Waals surface area contributed by atoms with Gasteiger partial charge in [0.15, 0.2) is 5.69 Å². The Morgan fingerprint density at radius 1 is 1.17 bits per heavy atom. The molecule has 15 heteroatoms. The molecule has 0 saturated heterocycles. The maximum absolute atomic E-state index is 12.8. The van der Waals surface area contributed by atoms with Crippen molar-refractivity contribution in [3.05, 3.63) is 47.7 Å². The van der Waals surface area contributed by atoms with Gasteiger partial charge in [0.1, 0.15) is 17.4 Å². The smallest absolute Gasteiger partial charge is 0.434 e. The Morgan fingerprint density at radius 2 is 1.94 bits per heavy atom. The summed E-state index contributed by atoms with van der Waals surface area (Å²) in [6, 6.07) is 3.06. The molecule has 1 amide bonds. The highest BCUT2D eigenvalue weighted by Gasteiger charge is 2.32. The highest BCUT2D eigenvalue weighted by atomic mass is 32.1. The number of amides is 1. The third-order valence-corrected chi connectivity index (χ3v) is 5.29. The molecule has 0 aliphatic heterocycles. The van der Waals surface area contributed by atoms with Crippen molar-refractivity contribution in [1.82, 2.24) is 24.2 Å². The third kappa shape index (κ3) is 7.51. The summed E-state index contributed by atoms with van der Waals surface area (Å²) < 4.78 is 72.2. The first kappa shape index (κ1) is 26.2. The van der Waals surface area contributed by atoms with Crippen LogP contribution in [-0.4, -0.2) is 63.3 Å². The molecule has 0 spiro atoms. The van der Waals surface area contributed by atoms with Crippen molar-refractivity contribution in [3.8, 4) is 5.88 Å². The highest BCUT2D eigenvalue weighted by Crippen LogP contribution is 2.30. The van der Waals surface area contributed by atoms with Crippen molar-refractivity contribution in [2.24, 2.45) is 0 Å². The lowest BCUT2D eigenvalue weighted by Crippen LogP contribution is -2.29. The van der Waals surface area contributed by atoms with Crippen LogP contribution in [0.1, 0.15) is 21.7 Å². The third-order valence-electron chi connectivity index (χ3n) is 4.44. The number of likely N-dealkylation sites (N-methyl/N-ethyl adjacent to an activating group) is 1. The van der Waals surface area contributed by atoms with E-state index in [4.69, 9.17) is 4.74 Å². The van der Waals surface area contributed by atoms with Crippen molar-refractivity contribution in [2.75, 3.05) is 37.4 Å². The molecule has 3 aromatic rings. The normalized spacial score (nSPS) is 11.7. The van der Waals surface area contributed by atoms with Gasteiger partial charge >= 0.3 is 6.18 Å². The second-order valence-electron chi connectivity index (χ2n) is 7.22. The molecular formula is C20H20F5N7O2S. The fourth-order valence-corrected chi connectivity index (χ4v) is 3.55. The van der Waals surface area contributed by atoms with Gasteiger partial charge in [-0.3, -0.25) is 9.69 Å². The minimum absolute atomic E-state index is 0.0121. The van der Waals surface area contributed by atoms with Crippen LogP contribution in [0.4, 0.5) is 38.5 Å². The molecule has 0 radical (unpaired) electrons. The van der Waals surface area contributed by atoms with Gasteiger partial charge in [0.2, 0.25) is 5.88 Å². The molecule has 3 aromatic heterocycles. The lowest BCUT2D eigenvalue weighted by molar-refractivity contribution is -0.141. The molecule has 2 N–H and O–H groups in total. The summed E-state index contributed by atoms with van der Waals surface area (Å²) >= 11 is 0.938. The van der Waals surface area contributed by atoms with Crippen LogP contribution >= 0.6 is 11.5 Å². The number of hydrogen-bond donors (Lipinski definition) is 2. The molecule has 0 aliphatic rings. The Hall–Kier alpha value is -3.46. The van der Waals surface area contributed by atoms with Crippen LogP contribution in [0.3, 0.4) is 0 Å². The monoisotopic (exact) mass is 517 g/mol. The lowest BCUT2D eigenvalue weighted by Gasteiger charge is -2.15. The average Bonchev–Trinajstić information content (AvgIpc) is 3.14. The predicted molar refractivity (Wildman–Crippen MR) is 118 cm³/mol. The Morgan fingerprint density at radius 3 is 2.54 bits per heavy atom. The van der Waals surface area contributed by atoms with Gasteiger partial charge in [0.05, 0.1) is 42.1 Å². The number of aryl methyl sites for hydroxylation is 1. The van der Waals surface area contributed by atoms with E-state index in [0.29, 0.717) is 17.6 Å².